The predicted molar refractivity (Wildman–Crippen MR) is 62.7 cm³/mol. The van der Waals surface area contributed by atoms with Crippen LogP contribution in [0, 0.1) is 12.7 Å². The Balaban J connectivity index is 2.95. The molecule has 9 heteroatoms. The molecule has 0 fully saturated rings. The van der Waals surface area contributed by atoms with Crippen molar-refractivity contribution in [2.45, 2.75) is 24.3 Å². The highest BCUT2D eigenvalue weighted by molar-refractivity contribution is 7.89. The van der Waals surface area contributed by atoms with Crippen LogP contribution in [0.5, 0.6) is 0 Å². The van der Waals surface area contributed by atoms with Gasteiger partial charge in [-0.25, -0.2) is 26.3 Å². The summed E-state index contributed by atoms with van der Waals surface area (Å²) in [6.45, 7) is 0.491. The van der Waals surface area contributed by atoms with Gasteiger partial charge in [0.25, 0.3) is 6.43 Å². The summed E-state index contributed by atoms with van der Waals surface area (Å²) in [6, 6.07) is 1.73. The van der Waals surface area contributed by atoms with Gasteiger partial charge in [0, 0.05) is 17.8 Å². The second kappa shape index (κ2) is 5.76. The molecular weight excluding hydrogens is 285 g/mol. The van der Waals surface area contributed by atoms with Crippen LogP contribution < -0.4 is 10.5 Å². The summed E-state index contributed by atoms with van der Waals surface area (Å²) in [6.07, 6.45) is -5.22. The van der Waals surface area contributed by atoms with Crippen molar-refractivity contribution in [2.75, 3.05) is 12.3 Å². The average Bonchev–Trinajstić information content (AvgIpc) is 2.32. The molecule has 1 unspecified atom stereocenters. The molecule has 19 heavy (non-hydrogen) atoms. The van der Waals surface area contributed by atoms with Gasteiger partial charge < -0.3 is 10.8 Å². The molecular formula is C10H13F3N2O3S. The Morgan fingerprint density at radius 1 is 1.42 bits per heavy atom. The minimum Gasteiger partial charge on any atom is -0.398 e. The second-order valence-electron chi connectivity index (χ2n) is 3.87. The molecule has 1 aromatic carbocycles. The molecule has 0 bridgehead atoms. The molecule has 0 spiro atoms. The van der Waals surface area contributed by atoms with Crippen LogP contribution in [0.3, 0.4) is 0 Å². The Morgan fingerprint density at radius 3 is 2.47 bits per heavy atom. The van der Waals surface area contributed by atoms with Crippen LogP contribution in [-0.4, -0.2) is 32.6 Å². The van der Waals surface area contributed by atoms with Gasteiger partial charge in [0.15, 0.2) is 0 Å². The van der Waals surface area contributed by atoms with E-state index in [0.29, 0.717) is 0 Å². The van der Waals surface area contributed by atoms with Crippen LogP contribution in [0.15, 0.2) is 17.0 Å². The normalized spacial score (nSPS) is 13.8. The first kappa shape index (κ1) is 15.7. The summed E-state index contributed by atoms with van der Waals surface area (Å²) >= 11 is 0. The van der Waals surface area contributed by atoms with E-state index in [4.69, 9.17) is 10.8 Å². The van der Waals surface area contributed by atoms with Gasteiger partial charge in [0.2, 0.25) is 10.0 Å². The van der Waals surface area contributed by atoms with Crippen molar-refractivity contribution in [1.82, 2.24) is 4.72 Å². The van der Waals surface area contributed by atoms with Crippen molar-refractivity contribution in [3.8, 4) is 0 Å². The van der Waals surface area contributed by atoms with Gasteiger partial charge in [-0.15, -0.1) is 0 Å². The number of halogens is 3. The molecule has 108 valence electrons. The van der Waals surface area contributed by atoms with Gasteiger partial charge in [0.05, 0.1) is 4.90 Å². The van der Waals surface area contributed by atoms with Crippen molar-refractivity contribution in [3.63, 3.8) is 0 Å². The van der Waals surface area contributed by atoms with Crippen molar-refractivity contribution < 1.29 is 26.7 Å². The molecule has 4 N–H and O–H groups in total. The zero-order chi connectivity index (χ0) is 14.8. The number of sulfonamides is 1. The fourth-order valence-electron chi connectivity index (χ4n) is 1.20. The first-order valence-electron chi connectivity index (χ1n) is 5.16. The third kappa shape index (κ3) is 3.82. The second-order valence-corrected chi connectivity index (χ2v) is 5.64. The average molecular weight is 298 g/mol. The molecule has 1 rings (SSSR count). The van der Waals surface area contributed by atoms with Gasteiger partial charge in [0.1, 0.15) is 11.9 Å². The smallest absolute Gasteiger partial charge is 0.265 e. The summed E-state index contributed by atoms with van der Waals surface area (Å²) in [4.78, 5) is -0.491. The Bertz CT molecular complexity index is 540. The monoisotopic (exact) mass is 298 g/mol. The molecule has 1 atom stereocenters. The Morgan fingerprint density at radius 2 is 2.00 bits per heavy atom. The molecule has 0 saturated carbocycles. The van der Waals surface area contributed by atoms with Crippen molar-refractivity contribution in [3.05, 3.63) is 23.5 Å². The Hall–Kier alpha value is -1.32. The number of hydrogen-bond donors (Lipinski definition) is 3. The van der Waals surface area contributed by atoms with E-state index in [-0.39, 0.29) is 11.3 Å². The lowest BCUT2D eigenvalue weighted by Gasteiger charge is -2.12. The van der Waals surface area contributed by atoms with Crippen LogP contribution in [0.25, 0.3) is 0 Å². The maximum absolute atomic E-state index is 13.4. The number of aliphatic hydroxyl groups excluding tert-OH is 1. The fourth-order valence-corrected chi connectivity index (χ4v) is 2.29. The number of rotatable bonds is 5. The van der Waals surface area contributed by atoms with E-state index >= 15 is 0 Å². The summed E-state index contributed by atoms with van der Waals surface area (Å²) in [5.41, 5.74) is 5.44. The maximum Gasteiger partial charge on any atom is 0.265 e. The number of benzene rings is 1. The number of aliphatic hydroxyl groups is 1. The number of nitrogens with one attached hydrogen (secondary N) is 1. The Kier molecular flexibility index (Phi) is 4.77. The van der Waals surface area contributed by atoms with E-state index in [1.807, 2.05) is 0 Å². The molecule has 0 saturated heterocycles. The summed E-state index contributed by atoms with van der Waals surface area (Å²) in [5.74, 6) is -0.824. The maximum atomic E-state index is 13.4. The lowest BCUT2D eigenvalue weighted by Crippen LogP contribution is -2.35. The number of alkyl halides is 2. The molecule has 0 aliphatic heterocycles. The quantitative estimate of drug-likeness (QED) is 0.695. The number of nitrogen functional groups attached to an aromatic ring is 1. The molecule has 0 radical (unpaired) electrons. The van der Waals surface area contributed by atoms with Crippen LogP contribution in [-0.2, 0) is 10.0 Å². The van der Waals surface area contributed by atoms with E-state index in [0.717, 1.165) is 12.1 Å². The molecule has 1 aromatic rings. The van der Waals surface area contributed by atoms with Crippen LogP contribution >= 0.6 is 0 Å². The van der Waals surface area contributed by atoms with Gasteiger partial charge in [-0.2, -0.15) is 0 Å². The SMILES string of the molecule is Cc1c(N)cc(S(=O)(=O)NCC(O)C(F)F)cc1F. The van der Waals surface area contributed by atoms with Gasteiger partial charge in [-0.1, -0.05) is 0 Å². The van der Waals surface area contributed by atoms with Crippen molar-refractivity contribution >= 4 is 15.7 Å². The molecule has 0 amide bonds. The molecule has 0 aromatic heterocycles. The highest BCUT2D eigenvalue weighted by atomic mass is 32.2. The minimum absolute atomic E-state index is 0.0743. The Labute approximate surface area is 108 Å². The first-order chi connectivity index (χ1) is 8.65. The van der Waals surface area contributed by atoms with E-state index in [2.05, 4.69) is 0 Å². The van der Waals surface area contributed by atoms with Crippen LogP contribution in [0.4, 0.5) is 18.9 Å². The van der Waals surface area contributed by atoms with Crippen LogP contribution in [0.1, 0.15) is 5.56 Å². The fraction of sp³-hybridized carbons (Fsp3) is 0.400. The number of anilines is 1. The number of hydrogen-bond acceptors (Lipinski definition) is 4. The van der Waals surface area contributed by atoms with Gasteiger partial charge >= 0.3 is 0 Å². The standard InChI is InChI=1S/C10H13F3N2O3S/c1-5-7(11)2-6(3-8(5)14)19(17,18)15-4-9(16)10(12)13/h2-3,9-10,15-16H,4,14H2,1H3. The summed E-state index contributed by atoms with van der Waals surface area (Å²) in [5, 5.41) is 8.81. The van der Waals surface area contributed by atoms with Crippen LogP contribution in [0.2, 0.25) is 0 Å². The first-order valence-corrected chi connectivity index (χ1v) is 6.65. The minimum atomic E-state index is -4.21. The van der Waals surface area contributed by atoms with E-state index in [1.54, 1.807) is 4.72 Å². The predicted octanol–water partition coefficient (Wildman–Crippen LogP) is 0.621. The van der Waals surface area contributed by atoms with Crippen molar-refractivity contribution in [1.29, 1.82) is 0 Å². The molecule has 5 nitrogen and oxygen atoms in total. The largest absolute Gasteiger partial charge is 0.398 e. The summed E-state index contributed by atoms with van der Waals surface area (Å²) < 4.78 is 62.5. The molecule has 0 aliphatic rings. The third-order valence-corrected chi connectivity index (χ3v) is 3.84. The zero-order valence-corrected chi connectivity index (χ0v) is 10.7. The van der Waals surface area contributed by atoms with E-state index in [9.17, 15) is 21.6 Å². The zero-order valence-electron chi connectivity index (χ0n) is 9.90. The highest BCUT2D eigenvalue weighted by Crippen LogP contribution is 2.20. The third-order valence-electron chi connectivity index (χ3n) is 2.44. The van der Waals surface area contributed by atoms with E-state index < -0.39 is 39.8 Å². The van der Waals surface area contributed by atoms with E-state index in [1.165, 1.54) is 6.92 Å². The molecule has 0 aliphatic carbocycles. The topological polar surface area (TPSA) is 92.4 Å². The summed E-state index contributed by atoms with van der Waals surface area (Å²) in [7, 11) is -4.21. The number of nitrogens with two attached hydrogens (primary N) is 1. The highest BCUT2D eigenvalue weighted by Gasteiger charge is 2.22. The lowest BCUT2D eigenvalue weighted by atomic mass is 10.2. The van der Waals surface area contributed by atoms with Gasteiger partial charge in [-0.3, -0.25) is 0 Å². The lowest BCUT2D eigenvalue weighted by molar-refractivity contribution is -0.000452. The van der Waals surface area contributed by atoms with Gasteiger partial charge in [-0.05, 0) is 19.1 Å². The molecule has 0 heterocycles. The van der Waals surface area contributed by atoms with Crippen molar-refractivity contribution in [2.24, 2.45) is 0 Å².